The first-order valence-electron chi connectivity index (χ1n) is 23.6. The molecule has 0 saturated heterocycles. The monoisotopic (exact) mass is 893 g/mol. The summed E-state index contributed by atoms with van der Waals surface area (Å²) in [5.41, 5.74) is 14.9. The predicted molar refractivity (Wildman–Crippen MR) is 287 cm³/mol. The lowest BCUT2D eigenvalue weighted by atomic mass is 9.86. The van der Waals surface area contributed by atoms with Crippen LogP contribution in [0.3, 0.4) is 0 Å². The first-order valence-corrected chi connectivity index (χ1v) is 23.6. The van der Waals surface area contributed by atoms with Crippen molar-refractivity contribution < 1.29 is 8.83 Å². The molecule has 70 heavy (non-hydrogen) atoms. The molecule has 14 rings (SSSR count). The zero-order chi connectivity index (χ0) is 46.1. The minimum absolute atomic E-state index is 0.535. The van der Waals surface area contributed by atoms with E-state index in [2.05, 4.69) is 206 Å². The van der Waals surface area contributed by atoms with Crippen molar-refractivity contribution in [2.45, 2.75) is 0 Å². The Labute approximate surface area is 402 Å². The molecule has 0 atom stereocenters. The van der Waals surface area contributed by atoms with Gasteiger partial charge < -0.3 is 8.83 Å². The zero-order valence-electron chi connectivity index (χ0n) is 37.7. The highest BCUT2D eigenvalue weighted by Crippen LogP contribution is 2.47. The summed E-state index contributed by atoms with van der Waals surface area (Å²) in [6.45, 7) is 0. The number of nitrogens with zero attached hydrogens (tertiary/aromatic N) is 3. The lowest BCUT2D eigenvalue weighted by Gasteiger charge is -2.17. The average Bonchev–Trinajstić information content (AvgIpc) is 4.00. The van der Waals surface area contributed by atoms with E-state index in [-0.39, 0.29) is 0 Å². The summed E-state index contributed by atoms with van der Waals surface area (Å²) in [6.07, 6.45) is 0. The smallest absolute Gasteiger partial charge is 0.167 e. The van der Waals surface area contributed by atoms with E-state index in [0.717, 1.165) is 115 Å². The summed E-state index contributed by atoms with van der Waals surface area (Å²) in [5.74, 6) is 1.68. The van der Waals surface area contributed by atoms with Crippen LogP contribution >= 0.6 is 0 Å². The normalized spacial score (nSPS) is 11.7. The van der Waals surface area contributed by atoms with E-state index < -0.39 is 0 Å². The summed E-state index contributed by atoms with van der Waals surface area (Å²) < 4.78 is 13.3. The topological polar surface area (TPSA) is 65.0 Å². The van der Waals surface area contributed by atoms with Gasteiger partial charge in [0.05, 0.1) is 5.56 Å². The van der Waals surface area contributed by atoms with Gasteiger partial charge in [-0.3, -0.25) is 0 Å². The molecule has 0 amide bonds. The van der Waals surface area contributed by atoms with E-state index in [1.54, 1.807) is 0 Å². The molecule has 0 bridgehead atoms. The number of hydrogen-bond acceptors (Lipinski definition) is 5. The van der Waals surface area contributed by atoms with E-state index in [1.165, 1.54) is 11.1 Å². The highest BCUT2D eigenvalue weighted by Gasteiger charge is 2.23. The molecule has 3 heterocycles. The van der Waals surface area contributed by atoms with Gasteiger partial charge in [-0.15, -0.1) is 0 Å². The maximum atomic E-state index is 6.75. The minimum Gasteiger partial charge on any atom is -0.456 e. The molecule has 5 heteroatoms. The number of furan rings is 2. The molecule has 5 nitrogen and oxygen atoms in total. The van der Waals surface area contributed by atoms with E-state index >= 15 is 0 Å². The van der Waals surface area contributed by atoms with Gasteiger partial charge in [0, 0.05) is 38.2 Å². The standard InChI is InChI=1S/C65H39N3O2/c1-3-14-40(15-4-1)42-26-30-44(31-27-42)48-36-37-58-61(56-38-46-18-7-8-19-47(46)39-59(56)69-58)60(48)52-34-35-54(50-21-10-9-20-49(50)52)64-66-63(45-32-28-43(29-33-45)41-16-5-2-6-17-41)67-65(68-64)55-24-13-23-53-51-22-11-12-25-57(51)70-62(53)55/h1-39H. The van der Waals surface area contributed by atoms with Crippen LogP contribution in [0.4, 0.5) is 0 Å². The highest BCUT2D eigenvalue weighted by molar-refractivity contribution is 6.21. The second kappa shape index (κ2) is 16.1. The van der Waals surface area contributed by atoms with Crippen LogP contribution in [-0.4, -0.2) is 15.0 Å². The molecule has 0 aliphatic rings. The molecule has 0 saturated carbocycles. The van der Waals surface area contributed by atoms with E-state index in [4.69, 9.17) is 23.8 Å². The molecule has 11 aromatic carbocycles. The quantitative estimate of drug-likeness (QED) is 0.159. The van der Waals surface area contributed by atoms with Gasteiger partial charge in [-0.05, 0) is 96.9 Å². The average molecular weight is 894 g/mol. The molecule has 3 aromatic heterocycles. The van der Waals surface area contributed by atoms with Gasteiger partial charge in [0.1, 0.15) is 22.3 Å². The third-order valence-corrected chi connectivity index (χ3v) is 13.8. The van der Waals surface area contributed by atoms with Crippen LogP contribution in [0.5, 0.6) is 0 Å². The molecule has 0 N–H and O–H groups in total. The maximum Gasteiger partial charge on any atom is 0.167 e. The van der Waals surface area contributed by atoms with Crippen molar-refractivity contribution in [3.05, 3.63) is 237 Å². The highest BCUT2D eigenvalue weighted by atomic mass is 16.3. The summed E-state index contributed by atoms with van der Waals surface area (Å²) in [4.78, 5) is 15.9. The van der Waals surface area contributed by atoms with Gasteiger partial charge in [0.2, 0.25) is 0 Å². The van der Waals surface area contributed by atoms with Crippen LogP contribution in [-0.2, 0) is 0 Å². The van der Waals surface area contributed by atoms with E-state index in [1.807, 2.05) is 30.3 Å². The molecule has 0 fully saturated rings. The molecule has 0 radical (unpaired) electrons. The number of para-hydroxylation sites is 2. The Hall–Kier alpha value is -9.45. The molecular weight excluding hydrogens is 855 g/mol. The van der Waals surface area contributed by atoms with Crippen molar-refractivity contribution in [3.8, 4) is 78.7 Å². The van der Waals surface area contributed by atoms with E-state index in [0.29, 0.717) is 17.5 Å². The largest absolute Gasteiger partial charge is 0.456 e. The Bertz CT molecular complexity index is 4330. The van der Waals surface area contributed by atoms with Crippen LogP contribution in [0.25, 0.3) is 144 Å². The third kappa shape index (κ3) is 6.59. The Morgan fingerprint density at radius 2 is 0.771 bits per heavy atom. The summed E-state index contributed by atoms with van der Waals surface area (Å²) in [6, 6.07) is 83.0. The fourth-order valence-electron chi connectivity index (χ4n) is 10.4. The molecule has 14 aromatic rings. The Morgan fingerprint density at radius 3 is 1.49 bits per heavy atom. The molecule has 326 valence electrons. The summed E-state index contributed by atoms with van der Waals surface area (Å²) in [5, 5.41) is 8.60. The van der Waals surface area contributed by atoms with Gasteiger partial charge in [-0.25, -0.2) is 15.0 Å². The Morgan fingerprint density at radius 1 is 0.257 bits per heavy atom. The number of fused-ring (bicyclic) bond motifs is 8. The molecule has 0 aliphatic heterocycles. The summed E-state index contributed by atoms with van der Waals surface area (Å²) >= 11 is 0. The van der Waals surface area contributed by atoms with Crippen LogP contribution in [0.15, 0.2) is 245 Å². The summed E-state index contributed by atoms with van der Waals surface area (Å²) in [7, 11) is 0. The van der Waals surface area contributed by atoms with E-state index in [9.17, 15) is 0 Å². The second-order valence-electron chi connectivity index (χ2n) is 17.8. The van der Waals surface area contributed by atoms with Crippen molar-refractivity contribution in [2.75, 3.05) is 0 Å². The maximum absolute atomic E-state index is 6.75. The number of rotatable bonds is 7. The third-order valence-electron chi connectivity index (χ3n) is 13.8. The SMILES string of the molecule is c1ccc(-c2ccc(-c3nc(-c4ccc(-c5c(-c6ccc(-c7ccccc7)cc6)ccc6oc7cc8ccccc8cc7c56)c5ccccc45)nc(-c4cccc5c4oc4ccccc45)n3)cc2)cc1. The Balaban J connectivity index is 0.995. The predicted octanol–water partition coefficient (Wildman–Crippen LogP) is 17.6. The first kappa shape index (κ1) is 39.7. The van der Waals surface area contributed by atoms with Gasteiger partial charge in [-0.1, -0.05) is 200 Å². The fraction of sp³-hybridized carbons (Fsp3) is 0. The number of aromatic nitrogens is 3. The zero-order valence-corrected chi connectivity index (χ0v) is 37.7. The van der Waals surface area contributed by atoms with Crippen LogP contribution in [0.2, 0.25) is 0 Å². The van der Waals surface area contributed by atoms with Crippen molar-refractivity contribution in [1.29, 1.82) is 0 Å². The molecular formula is C65H39N3O2. The molecule has 0 unspecified atom stereocenters. The minimum atomic E-state index is 0.535. The van der Waals surface area contributed by atoms with Crippen molar-refractivity contribution >= 4 is 65.4 Å². The van der Waals surface area contributed by atoms with Crippen LogP contribution in [0, 0.1) is 0 Å². The number of benzene rings is 11. The van der Waals surface area contributed by atoms with Gasteiger partial charge in [0.25, 0.3) is 0 Å². The lowest BCUT2D eigenvalue weighted by molar-refractivity contribution is 0.669. The fourth-order valence-corrected chi connectivity index (χ4v) is 10.4. The van der Waals surface area contributed by atoms with Gasteiger partial charge in [0.15, 0.2) is 17.5 Å². The second-order valence-corrected chi connectivity index (χ2v) is 17.8. The molecule has 0 spiro atoms. The lowest BCUT2D eigenvalue weighted by Crippen LogP contribution is -2.01. The Kier molecular flexibility index (Phi) is 9.14. The number of hydrogen-bond donors (Lipinski definition) is 0. The van der Waals surface area contributed by atoms with Gasteiger partial charge in [-0.2, -0.15) is 0 Å². The van der Waals surface area contributed by atoms with Crippen LogP contribution < -0.4 is 0 Å². The van der Waals surface area contributed by atoms with Gasteiger partial charge >= 0.3 is 0 Å². The van der Waals surface area contributed by atoms with Crippen LogP contribution in [0.1, 0.15) is 0 Å². The first-order chi connectivity index (χ1) is 34.7. The van der Waals surface area contributed by atoms with Crippen molar-refractivity contribution in [3.63, 3.8) is 0 Å². The molecule has 0 aliphatic carbocycles. The van der Waals surface area contributed by atoms with Crippen molar-refractivity contribution in [2.24, 2.45) is 0 Å². The van der Waals surface area contributed by atoms with Crippen molar-refractivity contribution in [1.82, 2.24) is 15.0 Å².